The lowest BCUT2D eigenvalue weighted by Crippen LogP contribution is -2.48. The van der Waals surface area contributed by atoms with Gasteiger partial charge in [-0.3, -0.25) is 4.90 Å². The first kappa shape index (κ1) is 19.8. The molecule has 5 heteroatoms. The highest BCUT2D eigenvalue weighted by Gasteiger charge is 2.32. The van der Waals surface area contributed by atoms with Crippen LogP contribution in [0.2, 0.25) is 0 Å². The second-order valence-corrected chi connectivity index (χ2v) is 8.43. The molecule has 6 atom stereocenters. The molecular weight excluding hydrogens is 304 g/mol. The number of hydrogen-bond donors (Lipinski definition) is 0. The van der Waals surface area contributed by atoms with E-state index in [-0.39, 0.29) is 24.4 Å². The summed E-state index contributed by atoms with van der Waals surface area (Å²) in [4.78, 5) is 13.6. The van der Waals surface area contributed by atoms with Crippen molar-refractivity contribution in [3.8, 4) is 0 Å². The molecule has 6 unspecified atom stereocenters. The molecule has 0 bridgehead atoms. The monoisotopic (exact) mass is 340 g/mol. The van der Waals surface area contributed by atoms with E-state index in [0.717, 1.165) is 19.5 Å². The summed E-state index contributed by atoms with van der Waals surface area (Å²) in [6, 6.07) is -0.285. The van der Waals surface area contributed by atoms with Crippen LogP contribution in [0, 0.1) is 22.7 Å². The molecule has 0 N–H and O–H groups in total. The average Bonchev–Trinajstić information content (AvgIpc) is 2.50. The van der Waals surface area contributed by atoms with E-state index in [1.165, 1.54) is 12.8 Å². The Balaban J connectivity index is 1.84. The molecule has 140 valence electrons. The largest absolute Gasteiger partial charge is 0.376 e. The Morgan fingerprint density at radius 1 is 1.17 bits per heavy atom. The molecule has 1 heterocycles. The predicted molar refractivity (Wildman–Crippen MR) is 97.1 cm³/mol. The molecule has 0 aromatic rings. The van der Waals surface area contributed by atoms with Gasteiger partial charge in [-0.15, -0.1) is 0 Å². The van der Waals surface area contributed by atoms with Crippen molar-refractivity contribution in [1.82, 2.24) is 4.90 Å². The molecule has 1 aliphatic heterocycles. The number of morpholine rings is 1. The summed E-state index contributed by atoms with van der Waals surface area (Å²) in [5, 5.41) is 3.35. The van der Waals surface area contributed by atoms with E-state index in [4.69, 9.17) is 9.47 Å². The second kappa shape index (κ2) is 9.25. The van der Waals surface area contributed by atoms with Crippen molar-refractivity contribution in [2.24, 2.45) is 22.9 Å². The zero-order chi connectivity index (χ0) is 17.7. The summed E-state index contributed by atoms with van der Waals surface area (Å²) in [5.74, 6) is 1.96. The van der Waals surface area contributed by atoms with Gasteiger partial charge < -0.3 is 9.47 Å². The quantitative estimate of drug-likeness (QED) is 0.663. The molecule has 0 spiro atoms. The van der Waals surface area contributed by atoms with Gasteiger partial charge in [-0.1, -0.05) is 32.4 Å². The van der Waals surface area contributed by atoms with E-state index in [9.17, 15) is 4.91 Å². The van der Waals surface area contributed by atoms with Gasteiger partial charge in [0.25, 0.3) is 0 Å². The molecule has 0 amide bonds. The van der Waals surface area contributed by atoms with Crippen LogP contribution in [0.5, 0.6) is 0 Å². The van der Waals surface area contributed by atoms with Gasteiger partial charge in [0.2, 0.25) is 0 Å². The minimum atomic E-state index is -0.285. The van der Waals surface area contributed by atoms with Crippen molar-refractivity contribution in [3.63, 3.8) is 0 Å². The number of nitrogens with zero attached hydrogens (tertiary/aromatic N) is 2. The van der Waals surface area contributed by atoms with Crippen LogP contribution in [0.3, 0.4) is 0 Å². The molecule has 0 aromatic heterocycles. The van der Waals surface area contributed by atoms with Crippen LogP contribution in [0.25, 0.3) is 0 Å². The number of rotatable bonds is 7. The van der Waals surface area contributed by atoms with Crippen molar-refractivity contribution in [1.29, 1.82) is 0 Å². The minimum Gasteiger partial charge on any atom is -0.376 e. The third-order valence-corrected chi connectivity index (χ3v) is 5.58. The van der Waals surface area contributed by atoms with E-state index in [1.807, 2.05) is 0 Å². The van der Waals surface area contributed by atoms with Crippen LogP contribution >= 0.6 is 0 Å². The molecule has 0 aromatic carbocycles. The molecule has 24 heavy (non-hydrogen) atoms. The van der Waals surface area contributed by atoms with Gasteiger partial charge in [0.1, 0.15) is 6.04 Å². The van der Waals surface area contributed by atoms with Gasteiger partial charge in [0, 0.05) is 19.6 Å². The van der Waals surface area contributed by atoms with E-state index >= 15 is 0 Å². The topological polar surface area (TPSA) is 51.1 Å². The Morgan fingerprint density at radius 3 is 2.42 bits per heavy atom. The first-order chi connectivity index (χ1) is 11.4. The van der Waals surface area contributed by atoms with Crippen molar-refractivity contribution in [2.75, 3.05) is 26.2 Å². The SMILES string of the molecule is CC1CCC(C(C)C)C(OCC(CN2CC(C)OC(C)C2)N=O)C1. The van der Waals surface area contributed by atoms with Gasteiger partial charge in [-0.25, -0.2) is 0 Å². The van der Waals surface area contributed by atoms with Gasteiger partial charge in [-0.05, 0) is 44.4 Å². The molecule has 2 rings (SSSR count). The zero-order valence-corrected chi connectivity index (χ0v) is 16.1. The van der Waals surface area contributed by atoms with E-state index in [0.29, 0.717) is 30.9 Å². The molecule has 2 aliphatic rings. The van der Waals surface area contributed by atoms with Crippen LogP contribution in [0.1, 0.15) is 53.9 Å². The number of nitroso groups, excluding NO2 is 1. The van der Waals surface area contributed by atoms with E-state index in [1.54, 1.807) is 0 Å². The summed E-state index contributed by atoms with van der Waals surface area (Å²) < 4.78 is 12.0. The molecule has 5 nitrogen and oxygen atoms in total. The summed E-state index contributed by atoms with van der Waals surface area (Å²) in [5.41, 5.74) is 0. The smallest absolute Gasteiger partial charge is 0.128 e. The maximum absolute atomic E-state index is 11.3. The highest BCUT2D eigenvalue weighted by Crippen LogP contribution is 2.35. The Morgan fingerprint density at radius 2 is 1.83 bits per heavy atom. The van der Waals surface area contributed by atoms with Gasteiger partial charge in [-0.2, -0.15) is 4.91 Å². The predicted octanol–water partition coefficient (Wildman–Crippen LogP) is 3.71. The third kappa shape index (κ3) is 5.78. The van der Waals surface area contributed by atoms with Crippen LogP contribution in [0.4, 0.5) is 0 Å². The summed E-state index contributed by atoms with van der Waals surface area (Å²) in [6.07, 6.45) is 4.35. The lowest BCUT2D eigenvalue weighted by molar-refractivity contribution is -0.0765. The third-order valence-electron chi connectivity index (χ3n) is 5.58. The van der Waals surface area contributed by atoms with Crippen molar-refractivity contribution < 1.29 is 9.47 Å². The normalized spacial score (nSPS) is 36.7. The van der Waals surface area contributed by atoms with Crippen molar-refractivity contribution in [2.45, 2.75) is 78.2 Å². The van der Waals surface area contributed by atoms with Gasteiger partial charge in [0.15, 0.2) is 0 Å². The Hall–Kier alpha value is -0.520. The fourth-order valence-electron chi connectivity index (χ4n) is 4.39. The summed E-state index contributed by atoms with van der Waals surface area (Å²) in [7, 11) is 0. The first-order valence-corrected chi connectivity index (χ1v) is 9.70. The standard InChI is InChI=1S/C19H36N2O3/c1-13(2)18-7-6-14(3)8-19(18)23-12-17(20-22)11-21-9-15(4)24-16(5)10-21/h13-19H,6-12H2,1-5H3. The van der Waals surface area contributed by atoms with Crippen LogP contribution in [-0.2, 0) is 9.47 Å². The molecule has 1 saturated heterocycles. The fourth-order valence-corrected chi connectivity index (χ4v) is 4.39. The Labute approximate surface area is 147 Å². The molecule has 1 saturated carbocycles. The van der Waals surface area contributed by atoms with Gasteiger partial charge in [0.05, 0.1) is 24.9 Å². The highest BCUT2D eigenvalue weighted by atomic mass is 16.5. The van der Waals surface area contributed by atoms with Crippen LogP contribution < -0.4 is 0 Å². The highest BCUT2D eigenvalue weighted by molar-refractivity contribution is 4.83. The second-order valence-electron chi connectivity index (χ2n) is 8.43. The van der Waals surface area contributed by atoms with Gasteiger partial charge >= 0.3 is 0 Å². The van der Waals surface area contributed by atoms with Crippen molar-refractivity contribution in [3.05, 3.63) is 4.91 Å². The maximum atomic E-state index is 11.3. The lowest BCUT2D eigenvalue weighted by Gasteiger charge is -2.38. The minimum absolute atomic E-state index is 0.214. The fraction of sp³-hybridized carbons (Fsp3) is 1.00. The van der Waals surface area contributed by atoms with E-state index in [2.05, 4.69) is 44.7 Å². The summed E-state index contributed by atoms with van der Waals surface area (Å²) in [6.45, 7) is 13.9. The Kier molecular flexibility index (Phi) is 7.63. The molecule has 1 aliphatic carbocycles. The zero-order valence-electron chi connectivity index (χ0n) is 16.1. The molecular formula is C19H36N2O3. The van der Waals surface area contributed by atoms with Crippen LogP contribution in [0.15, 0.2) is 5.18 Å². The average molecular weight is 341 g/mol. The number of ether oxygens (including phenoxy) is 2. The maximum Gasteiger partial charge on any atom is 0.128 e. The number of hydrogen-bond acceptors (Lipinski definition) is 5. The van der Waals surface area contributed by atoms with Crippen LogP contribution in [-0.4, -0.2) is 55.5 Å². The van der Waals surface area contributed by atoms with E-state index < -0.39 is 0 Å². The lowest BCUT2D eigenvalue weighted by atomic mass is 9.75. The van der Waals surface area contributed by atoms with Crippen molar-refractivity contribution >= 4 is 0 Å². The molecule has 0 radical (unpaired) electrons. The molecule has 2 fully saturated rings. The summed E-state index contributed by atoms with van der Waals surface area (Å²) >= 11 is 0. The first-order valence-electron chi connectivity index (χ1n) is 9.70. The Bertz CT molecular complexity index is 381.